The highest BCUT2D eigenvalue weighted by atomic mass is 79.9. The minimum Gasteiger partial charge on any atom is -0.479 e. The van der Waals surface area contributed by atoms with Gasteiger partial charge in [-0.05, 0) is 15.9 Å². The molecule has 1 N–H and O–H groups in total. The van der Waals surface area contributed by atoms with Crippen molar-refractivity contribution in [3.05, 3.63) is 22.7 Å². The Morgan fingerprint density at radius 2 is 2.22 bits per heavy atom. The first-order valence-corrected chi connectivity index (χ1v) is 5.98. The van der Waals surface area contributed by atoms with E-state index < -0.39 is 12.1 Å². The van der Waals surface area contributed by atoms with Gasteiger partial charge < -0.3 is 14.7 Å². The number of aliphatic carboxylic acids is 1. The SMILES string of the molecule is O=C(O)C1CN(C(=O)c2cnc(Br)cn2)CCO1. The van der Waals surface area contributed by atoms with Gasteiger partial charge in [-0.15, -0.1) is 0 Å². The fourth-order valence-electron chi connectivity index (χ4n) is 1.57. The number of amides is 1. The average Bonchev–Trinajstić information content (AvgIpc) is 2.39. The second-order valence-electron chi connectivity index (χ2n) is 3.67. The van der Waals surface area contributed by atoms with Crippen molar-refractivity contribution in [3.63, 3.8) is 0 Å². The van der Waals surface area contributed by atoms with Gasteiger partial charge in [0.15, 0.2) is 6.10 Å². The molecule has 7 nitrogen and oxygen atoms in total. The zero-order chi connectivity index (χ0) is 13.1. The summed E-state index contributed by atoms with van der Waals surface area (Å²) in [6, 6.07) is 0. The number of morpholine rings is 1. The van der Waals surface area contributed by atoms with Gasteiger partial charge in [-0.2, -0.15) is 0 Å². The van der Waals surface area contributed by atoms with Crippen molar-refractivity contribution in [1.82, 2.24) is 14.9 Å². The Kier molecular flexibility index (Phi) is 3.87. The van der Waals surface area contributed by atoms with Gasteiger partial charge in [0.05, 0.1) is 25.5 Å². The number of hydrogen-bond donors (Lipinski definition) is 1. The van der Waals surface area contributed by atoms with Crippen molar-refractivity contribution in [3.8, 4) is 0 Å². The molecule has 0 radical (unpaired) electrons. The number of rotatable bonds is 2. The monoisotopic (exact) mass is 315 g/mol. The molecule has 2 rings (SSSR count). The fourth-order valence-corrected chi connectivity index (χ4v) is 1.77. The Labute approximate surface area is 111 Å². The van der Waals surface area contributed by atoms with Crippen LogP contribution in [0.2, 0.25) is 0 Å². The molecule has 1 fully saturated rings. The molecule has 1 aliphatic rings. The highest BCUT2D eigenvalue weighted by Crippen LogP contribution is 2.10. The summed E-state index contributed by atoms with van der Waals surface area (Å²) in [6.45, 7) is 0.568. The molecular formula is C10H10BrN3O4. The third-order valence-corrected chi connectivity index (χ3v) is 2.88. The van der Waals surface area contributed by atoms with Gasteiger partial charge in [0.1, 0.15) is 10.3 Å². The second kappa shape index (κ2) is 5.40. The lowest BCUT2D eigenvalue weighted by molar-refractivity contribution is -0.154. The maximum absolute atomic E-state index is 12.0. The molecule has 2 heterocycles. The van der Waals surface area contributed by atoms with Gasteiger partial charge in [-0.1, -0.05) is 0 Å². The van der Waals surface area contributed by atoms with Crippen molar-refractivity contribution < 1.29 is 19.4 Å². The van der Waals surface area contributed by atoms with Crippen molar-refractivity contribution >= 4 is 27.8 Å². The summed E-state index contributed by atoms with van der Waals surface area (Å²) in [5.41, 5.74) is 0.184. The highest BCUT2D eigenvalue weighted by Gasteiger charge is 2.29. The molecule has 8 heteroatoms. The van der Waals surface area contributed by atoms with E-state index in [-0.39, 0.29) is 24.8 Å². The number of carbonyl (C=O) groups is 2. The van der Waals surface area contributed by atoms with Crippen LogP contribution in [0.25, 0.3) is 0 Å². The van der Waals surface area contributed by atoms with Crippen molar-refractivity contribution in [2.75, 3.05) is 19.7 Å². The van der Waals surface area contributed by atoms with Gasteiger partial charge in [0.25, 0.3) is 5.91 Å². The van der Waals surface area contributed by atoms with Crippen LogP contribution in [0.15, 0.2) is 17.0 Å². The van der Waals surface area contributed by atoms with Crippen LogP contribution in [-0.2, 0) is 9.53 Å². The van der Waals surface area contributed by atoms with E-state index in [9.17, 15) is 9.59 Å². The molecule has 1 saturated heterocycles. The van der Waals surface area contributed by atoms with Crippen LogP contribution in [-0.4, -0.2) is 57.7 Å². The average molecular weight is 316 g/mol. The standard InChI is InChI=1S/C10H10BrN3O4/c11-8-4-12-6(3-13-8)9(15)14-1-2-18-7(5-14)10(16)17/h3-4,7H,1-2,5H2,(H,16,17). The Balaban J connectivity index is 2.09. The Morgan fingerprint density at radius 1 is 1.44 bits per heavy atom. The van der Waals surface area contributed by atoms with Gasteiger partial charge in [-0.25, -0.2) is 14.8 Å². The van der Waals surface area contributed by atoms with Crippen LogP contribution >= 0.6 is 15.9 Å². The predicted octanol–water partition coefficient (Wildman–Crippen LogP) is 0.165. The number of carbonyl (C=O) groups excluding carboxylic acids is 1. The van der Waals surface area contributed by atoms with Crippen molar-refractivity contribution in [1.29, 1.82) is 0 Å². The minimum atomic E-state index is -1.07. The molecular weight excluding hydrogens is 306 g/mol. The molecule has 1 amide bonds. The predicted molar refractivity (Wildman–Crippen MR) is 63.0 cm³/mol. The topological polar surface area (TPSA) is 92.6 Å². The summed E-state index contributed by atoms with van der Waals surface area (Å²) in [7, 11) is 0. The van der Waals surface area contributed by atoms with Gasteiger partial charge in [0, 0.05) is 6.54 Å². The molecule has 0 aromatic carbocycles. The summed E-state index contributed by atoms with van der Waals surface area (Å²) in [5, 5.41) is 8.85. The maximum Gasteiger partial charge on any atom is 0.334 e. The number of carboxylic acids is 1. The Morgan fingerprint density at radius 3 is 2.83 bits per heavy atom. The third kappa shape index (κ3) is 2.82. The molecule has 1 aliphatic heterocycles. The van der Waals surface area contributed by atoms with Crippen LogP contribution in [0.3, 0.4) is 0 Å². The zero-order valence-electron chi connectivity index (χ0n) is 9.24. The minimum absolute atomic E-state index is 0.0198. The van der Waals surface area contributed by atoms with E-state index in [1.165, 1.54) is 17.3 Å². The quantitative estimate of drug-likeness (QED) is 0.836. The molecule has 0 spiro atoms. The molecule has 1 atom stereocenters. The van der Waals surface area contributed by atoms with Crippen LogP contribution in [0.5, 0.6) is 0 Å². The number of ether oxygens (including phenoxy) is 1. The van der Waals surface area contributed by atoms with Crippen molar-refractivity contribution in [2.45, 2.75) is 6.10 Å². The molecule has 0 bridgehead atoms. The molecule has 18 heavy (non-hydrogen) atoms. The summed E-state index contributed by atoms with van der Waals surface area (Å²) in [5.74, 6) is -1.42. The Hall–Kier alpha value is -1.54. The van der Waals surface area contributed by atoms with Crippen LogP contribution < -0.4 is 0 Å². The largest absolute Gasteiger partial charge is 0.479 e. The summed E-state index contributed by atoms with van der Waals surface area (Å²) >= 11 is 3.12. The lowest BCUT2D eigenvalue weighted by Crippen LogP contribution is -2.48. The number of nitrogens with zero attached hydrogens (tertiary/aromatic N) is 3. The highest BCUT2D eigenvalue weighted by molar-refractivity contribution is 9.10. The summed E-state index contributed by atoms with van der Waals surface area (Å²) < 4.78 is 5.57. The molecule has 96 valence electrons. The van der Waals surface area contributed by atoms with E-state index >= 15 is 0 Å². The van der Waals surface area contributed by atoms with E-state index in [1.54, 1.807) is 0 Å². The molecule has 1 aromatic rings. The van der Waals surface area contributed by atoms with Gasteiger partial charge >= 0.3 is 5.97 Å². The number of carboxylic acid groups (broad SMARTS) is 1. The van der Waals surface area contributed by atoms with Crippen LogP contribution in [0.4, 0.5) is 0 Å². The summed E-state index contributed by atoms with van der Waals surface area (Å²) in [4.78, 5) is 32.1. The van der Waals surface area contributed by atoms with Gasteiger partial charge in [-0.3, -0.25) is 4.79 Å². The van der Waals surface area contributed by atoms with Gasteiger partial charge in [0.2, 0.25) is 0 Å². The molecule has 0 aliphatic carbocycles. The van der Waals surface area contributed by atoms with Crippen molar-refractivity contribution in [2.24, 2.45) is 0 Å². The first-order chi connectivity index (χ1) is 8.58. The number of aromatic nitrogens is 2. The fraction of sp³-hybridized carbons (Fsp3) is 0.400. The lowest BCUT2D eigenvalue weighted by Gasteiger charge is -2.30. The summed E-state index contributed by atoms with van der Waals surface area (Å²) in [6.07, 6.45) is 1.78. The van der Waals surface area contributed by atoms with E-state index in [1.807, 2.05) is 0 Å². The van der Waals surface area contributed by atoms with E-state index in [2.05, 4.69) is 25.9 Å². The number of hydrogen-bond acceptors (Lipinski definition) is 5. The van der Waals surface area contributed by atoms with Crippen LogP contribution in [0, 0.1) is 0 Å². The van der Waals surface area contributed by atoms with E-state index in [0.29, 0.717) is 11.1 Å². The maximum atomic E-state index is 12.0. The Bertz CT molecular complexity index is 465. The van der Waals surface area contributed by atoms with E-state index in [4.69, 9.17) is 9.84 Å². The smallest absolute Gasteiger partial charge is 0.334 e. The third-order valence-electron chi connectivity index (χ3n) is 2.47. The molecule has 1 aromatic heterocycles. The second-order valence-corrected chi connectivity index (χ2v) is 4.49. The zero-order valence-corrected chi connectivity index (χ0v) is 10.8. The number of halogens is 1. The molecule has 1 unspecified atom stereocenters. The normalized spacial score (nSPS) is 19.6. The first kappa shape index (κ1) is 12.9. The lowest BCUT2D eigenvalue weighted by atomic mass is 10.2. The van der Waals surface area contributed by atoms with E-state index in [0.717, 1.165) is 0 Å². The first-order valence-electron chi connectivity index (χ1n) is 5.19. The molecule has 0 saturated carbocycles. The van der Waals surface area contributed by atoms with Crippen LogP contribution in [0.1, 0.15) is 10.5 Å².